The summed E-state index contributed by atoms with van der Waals surface area (Å²) in [6, 6.07) is 0. The zero-order valence-corrected chi connectivity index (χ0v) is 12.3. The van der Waals surface area contributed by atoms with Crippen LogP contribution < -0.4 is 0 Å². The Morgan fingerprint density at radius 2 is 2.06 bits per heavy atom. The first-order valence-electron chi connectivity index (χ1n) is 8.32. The van der Waals surface area contributed by atoms with Crippen molar-refractivity contribution in [3.63, 3.8) is 0 Å². The lowest BCUT2D eigenvalue weighted by atomic mass is 9.56. The van der Waals surface area contributed by atoms with Gasteiger partial charge in [0, 0.05) is 0 Å². The van der Waals surface area contributed by atoms with Crippen LogP contribution in [0.15, 0.2) is 12.2 Å². The van der Waals surface area contributed by atoms with E-state index in [2.05, 4.69) is 26.0 Å². The minimum absolute atomic E-state index is 0.718. The molecule has 5 atom stereocenters. The number of rotatable bonds is 5. The lowest BCUT2D eigenvalue weighted by molar-refractivity contribution is 0.0185. The van der Waals surface area contributed by atoms with Crippen molar-refractivity contribution in [2.75, 3.05) is 0 Å². The van der Waals surface area contributed by atoms with Crippen molar-refractivity contribution < 1.29 is 0 Å². The van der Waals surface area contributed by atoms with Crippen LogP contribution in [0.4, 0.5) is 0 Å². The first-order chi connectivity index (χ1) is 8.66. The third-order valence-electron chi connectivity index (χ3n) is 6.41. The van der Waals surface area contributed by atoms with Crippen LogP contribution in [0.1, 0.15) is 71.6 Å². The maximum Gasteiger partial charge on any atom is -0.0196 e. The third-order valence-corrected chi connectivity index (χ3v) is 6.41. The topological polar surface area (TPSA) is 0 Å². The highest BCUT2D eigenvalue weighted by Crippen LogP contribution is 2.54. The van der Waals surface area contributed by atoms with Gasteiger partial charge >= 0.3 is 0 Å². The molecule has 0 aromatic heterocycles. The molecular formula is C18H30. The van der Waals surface area contributed by atoms with Crippen LogP contribution in [-0.4, -0.2) is 0 Å². The molecule has 0 N–H and O–H groups in total. The average molecular weight is 246 g/mol. The number of hydrogen-bond donors (Lipinski definition) is 0. The predicted octanol–water partition coefficient (Wildman–Crippen LogP) is 5.59. The van der Waals surface area contributed by atoms with Crippen LogP contribution in [-0.2, 0) is 0 Å². The van der Waals surface area contributed by atoms with Gasteiger partial charge < -0.3 is 0 Å². The Hall–Kier alpha value is -0.260. The molecule has 0 spiro atoms. The Balaban J connectivity index is 1.44. The highest BCUT2D eigenvalue weighted by atomic mass is 14.5. The maximum atomic E-state index is 2.59. The van der Waals surface area contributed by atoms with Gasteiger partial charge in [-0.1, -0.05) is 38.8 Å². The molecule has 0 aromatic rings. The fraction of sp³-hybridized carbons (Fsp3) is 0.889. The largest absolute Gasteiger partial charge is 0.0877 e. The van der Waals surface area contributed by atoms with Crippen LogP contribution in [0.5, 0.6) is 0 Å². The van der Waals surface area contributed by atoms with Crippen LogP contribution in [0.3, 0.4) is 0 Å². The van der Waals surface area contributed by atoms with Crippen molar-refractivity contribution in [2.24, 2.45) is 29.1 Å². The van der Waals surface area contributed by atoms with Gasteiger partial charge in [-0.25, -0.2) is 0 Å². The Kier molecular flexibility index (Phi) is 3.56. The smallest absolute Gasteiger partial charge is 0.0196 e. The fourth-order valence-corrected chi connectivity index (χ4v) is 4.56. The van der Waals surface area contributed by atoms with E-state index in [9.17, 15) is 0 Å². The van der Waals surface area contributed by atoms with E-state index < -0.39 is 0 Å². The Labute approximate surface area is 113 Å². The highest BCUT2D eigenvalue weighted by molar-refractivity contribution is 5.05. The molecule has 0 radical (unpaired) electrons. The monoisotopic (exact) mass is 246 g/mol. The van der Waals surface area contributed by atoms with Gasteiger partial charge in [-0.05, 0) is 74.0 Å². The summed E-state index contributed by atoms with van der Waals surface area (Å²) >= 11 is 0. The summed E-state index contributed by atoms with van der Waals surface area (Å²) in [5, 5.41) is 0. The van der Waals surface area contributed by atoms with Crippen LogP contribution in [0, 0.1) is 29.1 Å². The Bertz CT molecular complexity index is 316. The summed E-state index contributed by atoms with van der Waals surface area (Å²) in [7, 11) is 0. The second-order valence-corrected chi connectivity index (χ2v) is 7.87. The molecule has 0 aliphatic heterocycles. The molecule has 3 aliphatic carbocycles. The van der Waals surface area contributed by atoms with E-state index in [0.717, 1.165) is 29.1 Å². The third kappa shape index (κ3) is 2.53. The van der Waals surface area contributed by atoms with Crippen molar-refractivity contribution in [1.82, 2.24) is 0 Å². The van der Waals surface area contributed by atoms with Crippen molar-refractivity contribution in [1.29, 1.82) is 0 Å². The van der Waals surface area contributed by atoms with E-state index in [1.165, 1.54) is 57.8 Å². The fourth-order valence-electron chi connectivity index (χ4n) is 4.56. The molecule has 102 valence electrons. The van der Waals surface area contributed by atoms with E-state index in [1.807, 2.05) is 0 Å². The molecule has 0 heteroatoms. The quantitative estimate of drug-likeness (QED) is 0.555. The minimum atomic E-state index is 0.718. The molecule has 2 saturated carbocycles. The molecule has 4 unspecified atom stereocenters. The molecular weight excluding hydrogens is 216 g/mol. The van der Waals surface area contributed by atoms with Crippen molar-refractivity contribution in [2.45, 2.75) is 71.6 Å². The number of hydrogen-bond acceptors (Lipinski definition) is 0. The van der Waals surface area contributed by atoms with Gasteiger partial charge in [-0.2, -0.15) is 0 Å². The van der Waals surface area contributed by atoms with E-state index in [0.29, 0.717) is 0 Å². The van der Waals surface area contributed by atoms with Gasteiger partial charge in [0.05, 0.1) is 0 Å². The van der Waals surface area contributed by atoms with Gasteiger partial charge in [0.15, 0.2) is 0 Å². The van der Waals surface area contributed by atoms with Crippen molar-refractivity contribution in [3.8, 4) is 0 Å². The summed E-state index contributed by atoms with van der Waals surface area (Å²) in [4.78, 5) is 0. The zero-order valence-electron chi connectivity index (χ0n) is 12.3. The summed E-state index contributed by atoms with van der Waals surface area (Å²) < 4.78 is 0. The normalized spacial score (nSPS) is 46.8. The van der Waals surface area contributed by atoms with Gasteiger partial charge in [-0.15, -0.1) is 0 Å². The van der Waals surface area contributed by atoms with Crippen LogP contribution >= 0.6 is 0 Å². The second kappa shape index (κ2) is 5.02. The number of allylic oxidation sites excluding steroid dienone is 2. The second-order valence-electron chi connectivity index (χ2n) is 7.87. The molecule has 3 aliphatic rings. The minimum Gasteiger partial charge on any atom is -0.0877 e. The van der Waals surface area contributed by atoms with Gasteiger partial charge in [-0.3, -0.25) is 0 Å². The van der Waals surface area contributed by atoms with E-state index in [4.69, 9.17) is 0 Å². The van der Waals surface area contributed by atoms with E-state index >= 15 is 0 Å². The molecule has 2 fully saturated rings. The van der Waals surface area contributed by atoms with Gasteiger partial charge in [0.1, 0.15) is 0 Å². The van der Waals surface area contributed by atoms with E-state index in [-0.39, 0.29) is 0 Å². The maximum absolute atomic E-state index is 2.59. The average Bonchev–Trinajstić information content (AvgIpc) is 2.69. The highest BCUT2D eigenvalue weighted by Gasteiger charge is 2.43. The summed E-state index contributed by atoms with van der Waals surface area (Å²) in [5.41, 5.74) is 0.718. The first kappa shape index (κ1) is 12.8. The Morgan fingerprint density at radius 3 is 2.56 bits per heavy atom. The van der Waals surface area contributed by atoms with Crippen LogP contribution in [0.2, 0.25) is 0 Å². The van der Waals surface area contributed by atoms with Crippen LogP contribution in [0.25, 0.3) is 0 Å². The summed E-state index contributed by atoms with van der Waals surface area (Å²) in [5.74, 6) is 4.08. The molecule has 0 heterocycles. The van der Waals surface area contributed by atoms with Crippen molar-refractivity contribution >= 4 is 0 Å². The van der Waals surface area contributed by atoms with Gasteiger partial charge in [0.25, 0.3) is 0 Å². The standard InChI is InChI=1S/C18H30/c1-14-6-7-16(12-14)8-10-18(2)11-9-17(18)13-15-4-3-5-15/h3-4,14-17H,5-13H2,1-2H3/t14?,15?,16?,17?,18-/m0/s1. The van der Waals surface area contributed by atoms with E-state index in [1.54, 1.807) is 0 Å². The Morgan fingerprint density at radius 1 is 1.22 bits per heavy atom. The summed E-state index contributed by atoms with van der Waals surface area (Å²) in [6.45, 7) is 5.03. The van der Waals surface area contributed by atoms with Crippen molar-refractivity contribution in [3.05, 3.63) is 12.2 Å². The zero-order chi connectivity index (χ0) is 12.6. The molecule has 0 amide bonds. The SMILES string of the molecule is CC1CCC(CC[C@@]2(C)CCC2CC2C=CC2)C1. The van der Waals surface area contributed by atoms with Gasteiger partial charge in [0.2, 0.25) is 0 Å². The molecule has 18 heavy (non-hydrogen) atoms. The molecule has 0 aromatic carbocycles. The molecule has 0 bridgehead atoms. The predicted molar refractivity (Wildman–Crippen MR) is 78.4 cm³/mol. The molecule has 3 rings (SSSR count). The molecule has 0 saturated heterocycles. The molecule has 0 nitrogen and oxygen atoms in total. The summed E-state index contributed by atoms with van der Waals surface area (Å²) in [6.07, 6.45) is 18.3. The lowest BCUT2D eigenvalue weighted by Crippen LogP contribution is -2.39. The lowest BCUT2D eigenvalue weighted by Gasteiger charge is -2.49. The first-order valence-corrected chi connectivity index (χ1v) is 8.32.